The van der Waals surface area contributed by atoms with Crippen LogP contribution in [0.25, 0.3) is 5.57 Å². The molecule has 28 heavy (non-hydrogen) atoms. The normalized spacial score (nSPS) is 12.6. The molecule has 0 radical (unpaired) electrons. The van der Waals surface area contributed by atoms with Crippen molar-refractivity contribution in [2.45, 2.75) is 25.9 Å². The minimum Gasteiger partial charge on any atom is -0.323 e. The average Bonchev–Trinajstić information content (AvgIpc) is 3.07. The van der Waals surface area contributed by atoms with E-state index in [9.17, 15) is 13.2 Å². The van der Waals surface area contributed by atoms with E-state index in [1.165, 1.54) is 17.7 Å². The highest BCUT2D eigenvalue weighted by Gasteiger charge is 2.20. The predicted molar refractivity (Wildman–Crippen MR) is 108 cm³/mol. The Morgan fingerprint density at radius 1 is 1.36 bits per heavy atom. The second kappa shape index (κ2) is 8.61. The number of aromatic nitrogens is 3. The second-order valence-corrected chi connectivity index (χ2v) is 7.47. The molecule has 0 aromatic carbocycles. The molecule has 0 unspecified atom stereocenters. The van der Waals surface area contributed by atoms with E-state index in [2.05, 4.69) is 31.7 Å². The fraction of sp³-hybridized carbons (Fsp3) is 0.222. The zero-order valence-electron chi connectivity index (χ0n) is 16.1. The number of pyridine rings is 1. The lowest BCUT2D eigenvalue weighted by Crippen LogP contribution is -2.18. The summed E-state index contributed by atoms with van der Waals surface area (Å²) >= 11 is 0. The number of hydrogen-bond acceptors (Lipinski definition) is 6. The Balaban J connectivity index is 2.42. The minimum absolute atomic E-state index is 0.104. The molecule has 9 nitrogen and oxygen atoms in total. The van der Waals surface area contributed by atoms with Crippen LogP contribution in [0.3, 0.4) is 0 Å². The summed E-state index contributed by atoms with van der Waals surface area (Å²) in [4.78, 5) is 23.2. The smallest absolute Gasteiger partial charge is 0.295 e. The van der Waals surface area contributed by atoms with Gasteiger partial charge in [0.25, 0.3) is 10.0 Å². The van der Waals surface area contributed by atoms with Gasteiger partial charge >= 0.3 is 0 Å². The molecule has 0 aliphatic heterocycles. The molecule has 2 heterocycles. The Morgan fingerprint density at radius 2 is 2.07 bits per heavy atom. The van der Waals surface area contributed by atoms with Crippen molar-refractivity contribution in [3.8, 4) is 0 Å². The predicted octanol–water partition coefficient (Wildman–Crippen LogP) is 2.01. The summed E-state index contributed by atoms with van der Waals surface area (Å²) in [7, 11) is -2.28. The summed E-state index contributed by atoms with van der Waals surface area (Å²) in [6, 6.07) is 1.66. The molecular weight excluding hydrogens is 380 g/mol. The number of nitrogens with one attached hydrogen (secondary N) is 2. The second-order valence-electron chi connectivity index (χ2n) is 5.90. The Hall–Kier alpha value is -3.27. The van der Waals surface area contributed by atoms with Gasteiger partial charge in [-0.3, -0.25) is 14.5 Å². The summed E-state index contributed by atoms with van der Waals surface area (Å²) in [6.07, 6.45) is 7.97. The Bertz CT molecular complexity index is 1070. The third-order valence-corrected chi connectivity index (χ3v) is 5.12. The highest BCUT2D eigenvalue weighted by molar-refractivity contribution is 7.92. The van der Waals surface area contributed by atoms with Gasteiger partial charge in [-0.25, -0.2) is 9.98 Å². The fourth-order valence-electron chi connectivity index (χ4n) is 2.38. The first-order valence-corrected chi connectivity index (χ1v) is 9.75. The van der Waals surface area contributed by atoms with Crippen molar-refractivity contribution < 1.29 is 13.2 Å². The Labute approximate surface area is 164 Å². The number of carbonyl (C=O) groups excluding carboxylic acids is 1. The maximum absolute atomic E-state index is 12.6. The van der Waals surface area contributed by atoms with Gasteiger partial charge in [0.05, 0.1) is 11.4 Å². The van der Waals surface area contributed by atoms with E-state index in [0.717, 1.165) is 0 Å². The third kappa shape index (κ3) is 4.92. The van der Waals surface area contributed by atoms with Crippen LogP contribution >= 0.6 is 0 Å². The number of hydrogen-bond donors (Lipinski definition) is 2. The SMILES string of the molecule is C=N/C(=C\C(=C/C)c1cnc(C)c(NS(=O)(=O)c2nccn2C)c1)NC(C)=O. The van der Waals surface area contributed by atoms with Gasteiger partial charge in [0, 0.05) is 38.1 Å². The van der Waals surface area contributed by atoms with Gasteiger partial charge in [0.1, 0.15) is 5.82 Å². The number of imidazole rings is 1. The van der Waals surface area contributed by atoms with E-state index in [1.54, 1.807) is 51.5 Å². The highest BCUT2D eigenvalue weighted by Crippen LogP contribution is 2.24. The van der Waals surface area contributed by atoms with Gasteiger partial charge in [-0.1, -0.05) is 6.08 Å². The number of aryl methyl sites for hydroxylation is 2. The van der Waals surface area contributed by atoms with Crippen LogP contribution in [0.4, 0.5) is 5.69 Å². The van der Waals surface area contributed by atoms with Crippen LogP contribution in [0.5, 0.6) is 0 Å². The highest BCUT2D eigenvalue weighted by atomic mass is 32.2. The van der Waals surface area contributed by atoms with Crippen molar-refractivity contribution in [3.63, 3.8) is 0 Å². The standard InChI is InChI=1S/C18H22N6O3S/c1-6-14(10-17(19-4)22-13(3)25)15-9-16(12(2)21-11-15)23-28(26,27)18-20-7-8-24(18)5/h6-11,23H,4H2,1-3,5H3,(H,22,25)/b14-6+,17-10+. The largest absolute Gasteiger partial charge is 0.323 e. The first-order chi connectivity index (χ1) is 13.2. The molecule has 2 N–H and O–H groups in total. The maximum atomic E-state index is 12.6. The topological polar surface area (TPSA) is 118 Å². The molecule has 2 rings (SSSR count). The molecule has 0 atom stereocenters. The van der Waals surface area contributed by atoms with Gasteiger partial charge in [-0.2, -0.15) is 8.42 Å². The zero-order chi connectivity index (χ0) is 20.9. The van der Waals surface area contributed by atoms with E-state index < -0.39 is 10.0 Å². The molecule has 2 aromatic heterocycles. The first kappa shape index (κ1) is 21.0. The first-order valence-electron chi connectivity index (χ1n) is 8.27. The summed E-state index contributed by atoms with van der Waals surface area (Å²) in [5, 5.41) is 2.46. The number of amides is 1. The fourth-order valence-corrected chi connectivity index (χ4v) is 3.60. The number of nitrogens with zero attached hydrogens (tertiary/aromatic N) is 4. The van der Waals surface area contributed by atoms with Crippen LogP contribution in [0.15, 0.2) is 52.8 Å². The van der Waals surface area contributed by atoms with Crippen molar-refractivity contribution in [3.05, 3.63) is 53.9 Å². The van der Waals surface area contributed by atoms with E-state index in [1.807, 2.05) is 0 Å². The van der Waals surface area contributed by atoms with Gasteiger partial charge in [0.15, 0.2) is 0 Å². The van der Waals surface area contributed by atoms with Gasteiger partial charge in [-0.15, -0.1) is 0 Å². The van der Waals surface area contributed by atoms with Crippen molar-refractivity contribution in [2.75, 3.05) is 4.72 Å². The Kier molecular flexibility index (Phi) is 6.47. The van der Waals surface area contributed by atoms with Gasteiger partial charge < -0.3 is 9.88 Å². The number of aliphatic imine (C=N–C) groups is 1. The van der Waals surface area contributed by atoms with E-state index in [-0.39, 0.29) is 16.9 Å². The molecule has 0 saturated carbocycles. The molecule has 0 spiro atoms. The molecule has 0 fully saturated rings. The number of sulfonamides is 1. The molecule has 10 heteroatoms. The molecule has 0 saturated heterocycles. The number of carbonyl (C=O) groups is 1. The summed E-state index contributed by atoms with van der Waals surface area (Å²) in [5.41, 5.74) is 2.14. The zero-order valence-corrected chi connectivity index (χ0v) is 16.9. The van der Waals surface area contributed by atoms with Crippen LogP contribution in [0.1, 0.15) is 25.1 Å². The molecule has 148 valence electrons. The average molecular weight is 402 g/mol. The Morgan fingerprint density at radius 3 is 2.61 bits per heavy atom. The lowest BCUT2D eigenvalue weighted by molar-refractivity contribution is -0.118. The lowest BCUT2D eigenvalue weighted by Gasteiger charge is -2.12. The van der Waals surface area contributed by atoms with Crippen LogP contribution in [-0.2, 0) is 21.9 Å². The molecule has 2 aromatic rings. The molecule has 0 bridgehead atoms. The van der Waals surface area contributed by atoms with Crippen molar-refractivity contribution in [2.24, 2.45) is 12.0 Å². The lowest BCUT2D eigenvalue weighted by atomic mass is 10.1. The van der Waals surface area contributed by atoms with E-state index >= 15 is 0 Å². The molecule has 1 amide bonds. The summed E-state index contributed by atoms with van der Waals surface area (Å²) in [5.74, 6) is -0.00373. The van der Waals surface area contributed by atoms with E-state index in [4.69, 9.17) is 0 Å². The minimum atomic E-state index is -3.87. The maximum Gasteiger partial charge on any atom is 0.295 e. The monoisotopic (exact) mass is 402 g/mol. The van der Waals surface area contributed by atoms with Crippen LogP contribution in [0.2, 0.25) is 0 Å². The summed E-state index contributed by atoms with van der Waals surface area (Å²) in [6.45, 7) is 8.30. The van der Waals surface area contributed by atoms with Gasteiger partial charge in [0.2, 0.25) is 11.1 Å². The number of allylic oxidation sites excluding steroid dienone is 3. The van der Waals surface area contributed by atoms with Gasteiger partial charge in [-0.05, 0) is 38.3 Å². The van der Waals surface area contributed by atoms with Crippen LogP contribution in [0, 0.1) is 6.92 Å². The molecular formula is C18H22N6O3S. The summed E-state index contributed by atoms with van der Waals surface area (Å²) < 4.78 is 29.2. The quantitative estimate of drug-likeness (QED) is 0.542. The third-order valence-electron chi connectivity index (χ3n) is 3.76. The number of anilines is 1. The van der Waals surface area contributed by atoms with Crippen molar-refractivity contribution in [1.29, 1.82) is 0 Å². The van der Waals surface area contributed by atoms with Crippen molar-refractivity contribution in [1.82, 2.24) is 19.9 Å². The van der Waals surface area contributed by atoms with E-state index in [0.29, 0.717) is 22.5 Å². The van der Waals surface area contributed by atoms with Crippen molar-refractivity contribution >= 4 is 33.9 Å². The van der Waals surface area contributed by atoms with Crippen LogP contribution < -0.4 is 10.0 Å². The molecule has 0 aliphatic rings. The molecule has 0 aliphatic carbocycles. The van der Waals surface area contributed by atoms with Crippen LogP contribution in [-0.4, -0.2) is 35.6 Å². The number of rotatable bonds is 7.